The Morgan fingerprint density at radius 1 is 1.58 bits per heavy atom. The molecule has 19 heavy (non-hydrogen) atoms. The smallest absolute Gasteiger partial charge is 0.254 e. The van der Waals surface area contributed by atoms with Gasteiger partial charge in [-0.3, -0.25) is 9.59 Å². The van der Waals surface area contributed by atoms with Gasteiger partial charge in [0.05, 0.1) is 5.69 Å². The van der Waals surface area contributed by atoms with Crippen molar-refractivity contribution in [1.82, 2.24) is 10.2 Å². The molecule has 1 atom stereocenters. The van der Waals surface area contributed by atoms with E-state index in [1.807, 2.05) is 6.92 Å². The number of aromatic hydroxyl groups is 1. The van der Waals surface area contributed by atoms with Gasteiger partial charge in [-0.05, 0) is 24.6 Å². The van der Waals surface area contributed by atoms with E-state index in [0.29, 0.717) is 25.1 Å². The lowest BCUT2D eigenvalue weighted by atomic mass is 10.1. The second-order valence-electron chi connectivity index (χ2n) is 4.49. The third kappa shape index (κ3) is 2.47. The molecule has 0 radical (unpaired) electrons. The molecule has 0 aliphatic carbocycles. The predicted octanol–water partition coefficient (Wildman–Crippen LogP) is 0.325. The summed E-state index contributed by atoms with van der Waals surface area (Å²) in [4.78, 5) is 25.6. The maximum absolute atomic E-state index is 12.4. The van der Waals surface area contributed by atoms with Gasteiger partial charge in [0.15, 0.2) is 0 Å². The normalized spacial score (nSPS) is 19.1. The highest BCUT2D eigenvalue weighted by molar-refractivity contribution is 5.98. The van der Waals surface area contributed by atoms with Gasteiger partial charge in [0.1, 0.15) is 11.8 Å². The SMILES string of the molecule is CCC1C(=O)NCCN1C(=O)c1ccc(N)c(O)c1. The van der Waals surface area contributed by atoms with Crippen LogP contribution in [-0.4, -0.2) is 41.0 Å². The summed E-state index contributed by atoms with van der Waals surface area (Å²) in [7, 11) is 0. The predicted molar refractivity (Wildman–Crippen MR) is 70.6 cm³/mol. The van der Waals surface area contributed by atoms with Crippen molar-refractivity contribution >= 4 is 17.5 Å². The summed E-state index contributed by atoms with van der Waals surface area (Å²) < 4.78 is 0. The highest BCUT2D eigenvalue weighted by atomic mass is 16.3. The number of phenolic OH excluding ortho intramolecular Hbond substituents is 1. The first-order valence-electron chi connectivity index (χ1n) is 6.21. The molecular weight excluding hydrogens is 246 g/mol. The standard InChI is InChI=1S/C13H17N3O3/c1-2-10-12(18)15-5-6-16(10)13(19)8-3-4-9(14)11(17)7-8/h3-4,7,10,17H,2,5-6,14H2,1H3,(H,15,18). The molecule has 2 amide bonds. The lowest BCUT2D eigenvalue weighted by molar-refractivity contribution is -0.127. The van der Waals surface area contributed by atoms with Crippen LogP contribution in [0, 0.1) is 0 Å². The van der Waals surface area contributed by atoms with Crippen LogP contribution >= 0.6 is 0 Å². The molecule has 0 spiro atoms. The van der Waals surface area contributed by atoms with Crippen molar-refractivity contribution in [3.05, 3.63) is 23.8 Å². The van der Waals surface area contributed by atoms with Crippen molar-refractivity contribution in [2.75, 3.05) is 18.8 Å². The first-order chi connectivity index (χ1) is 9.04. The zero-order valence-corrected chi connectivity index (χ0v) is 10.7. The maximum Gasteiger partial charge on any atom is 0.254 e. The highest BCUT2D eigenvalue weighted by Crippen LogP contribution is 2.22. The molecule has 102 valence electrons. The quantitative estimate of drug-likeness (QED) is 0.529. The zero-order valence-electron chi connectivity index (χ0n) is 10.7. The van der Waals surface area contributed by atoms with Crippen LogP contribution in [0.2, 0.25) is 0 Å². The third-order valence-corrected chi connectivity index (χ3v) is 3.26. The molecule has 1 aromatic carbocycles. The number of hydrogen-bond acceptors (Lipinski definition) is 4. The summed E-state index contributed by atoms with van der Waals surface area (Å²) >= 11 is 0. The van der Waals surface area contributed by atoms with Crippen LogP contribution in [-0.2, 0) is 4.79 Å². The Morgan fingerprint density at radius 3 is 2.95 bits per heavy atom. The molecule has 2 rings (SSSR count). The van der Waals surface area contributed by atoms with E-state index < -0.39 is 6.04 Å². The lowest BCUT2D eigenvalue weighted by Crippen LogP contribution is -2.56. The number of rotatable bonds is 2. The van der Waals surface area contributed by atoms with Gasteiger partial charge < -0.3 is 21.1 Å². The Morgan fingerprint density at radius 2 is 2.32 bits per heavy atom. The summed E-state index contributed by atoms with van der Waals surface area (Å²) in [5.74, 6) is -0.529. The van der Waals surface area contributed by atoms with Crippen LogP contribution in [0.25, 0.3) is 0 Å². The van der Waals surface area contributed by atoms with Crippen LogP contribution in [0.1, 0.15) is 23.7 Å². The second-order valence-corrected chi connectivity index (χ2v) is 4.49. The van der Waals surface area contributed by atoms with Gasteiger partial charge in [0.2, 0.25) is 5.91 Å². The van der Waals surface area contributed by atoms with Crippen LogP contribution in [0.4, 0.5) is 5.69 Å². The van der Waals surface area contributed by atoms with E-state index in [-0.39, 0.29) is 23.3 Å². The van der Waals surface area contributed by atoms with E-state index in [1.54, 1.807) is 6.07 Å². The Hall–Kier alpha value is -2.24. The van der Waals surface area contributed by atoms with E-state index in [1.165, 1.54) is 17.0 Å². The van der Waals surface area contributed by atoms with Crippen LogP contribution in [0.5, 0.6) is 5.75 Å². The number of amides is 2. The molecule has 4 N–H and O–H groups in total. The minimum Gasteiger partial charge on any atom is -0.506 e. The van der Waals surface area contributed by atoms with E-state index in [0.717, 1.165) is 0 Å². The van der Waals surface area contributed by atoms with Crippen molar-refractivity contribution in [2.24, 2.45) is 0 Å². The minimum absolute atomic E-state index is 0.125. The lowest BCUT2D eigenvalue weighted by Gasteiger charge is -2.34. The largest absolute Gasteiger partial charge is 0.506 e. The molecule has 1 saturated heterocycles. The Bertz CT molecular complexity index is 516. The van der Waals surface area contributed by atoms with Crippen LogP contribution < -0.4 is 11.1 Å². The Balaban J connectivity index is 2.26. The number of phenols is 1. The number of carbonyl (C=O) groups is 2. The highest BCUT2D eigenvalue weighted by Gasteiger charge is 2.32. The fourth-order valence-corrected chi connectivity index (χ4v) is 2.21. The zero-order chi connectivity index (χ0) is 14.0. The minimum atomic E-state index is -0.457. The number of nitrogens with two attached hydrogens (primary N) is 1. The van der Waals surface area contributed by atoms with Gasteiger partial charge >= 0.3 is 0 Å². The second kappa shape index (κ2) is 5.17. The molecule has 1 unspecified atom stereocenters. The molecule has 1 fully saturated rings. The average Bonchev–Trinajstić information content (AvgIpc) is 2.40. The first kappa shape index (κ1) is 13.2. The van der Waals surface area contributed by atoms with E-state index in [9.17, 15) is 14.7 Å². The van der Waals surface area contributed by atoms with Crippen molar-refractivity contribution in [3.63, 3.8) is 0 Å². The third-order valence-electron chi connectivity index (χ3n) is 3.26. The van der Waals surface area contributed by atoms with Gasteiger partial charge in [0.25, 0.3) is 5.91 Å². The maximum atomic E-state index is 12.4. The number of carbonyl (C=O) groups excluding carboxylic acids is 2. The molecule has 1 heterocycles. The molecule has 1 aliphatic heterocycles. The van der Waals surface area contributed by atoms with E-state index in [4.69, 9.17) is 5.73 Å². The molecule has 0 aromatic heterocycles. The fourth-order valence-electron chi connectivity index (χ4n) is 2.21. The number of nitrogens with one attached hydrogen (secondary N) is 1. The summed E-state index contributed by atoms with van der Waals surface area (Å²) in [5.41, 5.74) is 6.06. The van der Waals surface area contributed by atoms with Crippen molar-refractivity contribution in [1.29, 1.82) is 0 Å². The number of anilines is 1. The van der Waals surface area contributed by atoms with Crippen LogP contribution in [0.3, 0.4) is 0 Å². The van der Waals surface area contributed by atoms with Gasteiger partial charge in [-0.1, -0.05) is 6.92 Å². The fraction of sp³-hybridized carbons (Fsp3) is 0.385. The number of hydrogen-bond donors (Lipinski definition) is 3. The molecule has 6 nitrogen and oxygen atoms in total. The number of nitrogens with zero attached hydrogens (tertiary/aromatic N) is 1. The summed E-state index contributed by atoms with van der Waals surface area (Å²) in [6.07, 6.45) is 0.554. The number of nitrogen functional groups attached to an aromatic ring is 1. The molecule has 1 aromatic rings. The van der Waals surface area contributed by atoms with Gasteiger partial charge in [0, 0.05) is 18.7 Å². The summed E-state index contributed by atoms with van der Waals surface area (Å²) in [6, 6.07) is 3.90. The monoisotopic (exact) mass is 263 g/mol. The Kier molecular flexibility index (Phi) is 3.59. The van der Waals surface area contributed by atoms with Crippen LogP contribution in [0.15, 0.2) is 18.2 Å². The summed E-state index contributed by atoms with van der Waals surface area (Å²) in [6.45, 7) is 2.77. The molecule has 0 bridgehead atoms. The molecule has 6 heteroatoms. The van der Waals surface area contributed by atoms with Crippen molar-refractivity contribution < 1.29 is 14.7 Å². The molecular formula is C13H17N3O3. The van der Waals surface area contributed by atoms with Gasteiger partial charge in [-0.2, -0.15) is 0 Å². The van der Waals surface area contributed by atoms with Gasteiger partial charge in [-0.15, -0.1) is 0 Å². The number of benzene rings is 1. The molecule has 0 saturated carbocycles. The first-order valence-corrected chi connectivity index (χ1v) is 6.21. The van der Waals surface area contributed by atoms with Gasteiger partial charge in [-0.25, -0.2) is 0 Å². The number of piperazine rings is 1. The average molecular weight is 263 g/mol. The van der Waals surface area contributed by atoms with Crippen molar-refractivity contribution in [2.45, 2.75) is 19.4 Å². The summed E-state index contributed by atoms with van der Waals surface area (Å²) in [5, 5.41) is 12.3. The van der Waals surface area contributed by atoms with E-state index >= 15 is 0 Å². The topological polar surface area (TPSA) is 95.7 Å². The van der Waals surface area contributed by atoms with Crippen molar-refractivity contribution in [3.8, 4) is 5.75 Å². The van der Waals surface area contributed by atoms with E-state index in [2.05, 4.69) is 5.32 Å². The molecule has 1 aliphatic rings. The Labute approximate surface area is 111 Å².